The molecule has 14 nitrogen and oxygen atoms in total. The van der Waals surface area contributed by atoms with Crippen LogP contribution in [0.2, 0.25) is 0 Å². The third-order valence-corrected chi connectivity index (χ3v) is 7.30. The van der Waals surface area contributed by atoms with Crippen LogP contribution in [0.25, 0.3) is 11.0 Å². The van der Waals surface area contributed by atoms with Crippen LogP contribution in [0.5, 0.6) is 0 Å². The number of β-lactam (4-membered cyclic amide) rings is 1. The van der Waals surface area contributed by atoms with Gasteiger partial charge in [0.15, 0.2) is 24.7 Å². The number of hydrogen-bond acceptors (Lipinski definition) is 11. The molecular weight excluding hydrogens is 532 g/mol. The van der Waals surface area contributed by atoms with E-state index in [2.05, 4.69) is 20.7 Å². The average Bonchev–Trinajstić information content (AvgIpc) is 3.61. The predicted molar refractivity (Wildman–Crippen MR) is 131 cm³/mol. The molecule has 1 unspecified atom stereocenters. The molecule has 39 heavy (non-hydrogen) atoms. The number of hydrogen-bond donors (Lipinski definition) is 2. The van der Waals surface area contributed by atoms with E-state index in [0.717, 1.165) is 10.3 Å². The highest BCUT2D eigenvalue weighted by Crippen LogP contribution is 2.40. The molecule has 0 aliphatic carbocycles. The number of nitrogens with one attached hydrogen (secondary N) is 2. The Morgan fingerprint density at radius 3 is 2.95 bits per heavy atom. The van der Waals surface area contributed by atoms with Crippen LogP contribution in [-0.4, -0.2) is 74.9 Å². The minimum atomic E-state index is -1.48. The van der Waals surface area contributed by atoms with Crippen molar-refractivity contribution in [1.82, 2.24) is 20.4 Å². The molecule has 15 heteroatoms. The van der Waals surface area contributed by atoms with Gasteiger partial charge in [0, 0.05) is 23.6 Å². The lowest BCUT2D eigenvalue weighted by Gasteiger charge is -2.50. The highest BCUT2D eigenvalue weighted by molar-refractivity contribution is 8.00. The Kier molecular flexibility index (Phi) is 7.31. The summed E-state index contributed by atoms with van der Waals surface area (Å²) in [6, 6.07) is 3.99. The van der Waals surface area contributed by atoms with Gasteiger partial charge in [-0.2, -0.15) is 5.10 Å². The number of ether oxygens (including phenoxy) is 1. The van der Waals surface area contributed by atoms with Crippen LogP contribution in [-0.2, 0) is 35.3 Å². The summed E-state index contributed by atoms with van der Waals surface area (Å²) in [6.45, 7) is 1.48. The highest BCUT2D eigenvalue weighted by Gasteiger charge is 2.53. The number of rotatable bonds is 10. The number of carboxylic acids is 1. The molecule has 3 aromatic heterocycles. The normalized spacial score (nSPS) is 18.9. The number of pyridine rings is 1. The number of furan rings is 1. The van der Waals surface area contributed by atoms with Crippen LogP contribution < -0.4 is 15.0 Å². The fourth-order valence-electron chi connectivity index (χ4n) is 4.23. The van der Waals surface area contributed by atoms with Crippen LogP contribution in [0.3, 0.4) is 0 Å². The van der Waals surface area contributed by atoms with E-state index in [-0.39, 0.29) is 30.3 Å². The van der Waals surface area contributed by atoms with Gasteiger partial charge in [0.25, 0.3) is 11.8 Å². The van der Waals surface area contributed by atoms with Crippen molar-refractivity contribution < 1.29 is 42.8 Å². The maximum atomic E-state index is 13.1. The second kappa shape index (κ2) is 11.0. The van der Waals surface area contributed by atoms with Crippen molar-refractivity contribution in [1.29, 1.82) is 0 Å². The molecular formula is C24H22N6O8S. The number of H-pyrrole nitrogens is 1. The minimum absolute atomic E-state index is 0.154. The van der Waals surface area contributed by atoms with Gasteiger partial charge in [-0.15, -0.1) is 11.8 Å². The molecule has 0 aromatic carbocycles. The average molecular weight is 555 g/mol. The lowest BCUT2D eigenvalue weighted by atomic mass is 10.0. The molecule has 0 radical (unpaired) electrons. The molecule has 5 rings (SSSR count). The number of thioether (sulfide) groups is 1. The third-order valence-electron chi connectivity index (χ3n) is 5.96. The molecule has 1 saturated heterocycles. The first-order valence-electron chi connectivity index (χ1n) is 11.8. The summed E-state index contributed by atoms with van der Waals surface area (Å²) in [5, 5.41) is 25.0. The summed E-state index contributed by atoms with van der Waals surface area (Å²) < 4.78 is 11.9. The number of aromatic amines is 1. The summed E-state index contributed by atoms with van der Waals surface area (Å²) >= 11 is 1.31. The number of fused-ring (bicyclic) bond motifs is 2. The van der Waals surface area contributed by atoms with Crippen LogP contribution in [0.4, 0.5) is 0 Å². The number of carboxylic acid groups (broad SMARTS) is 1. The molecule has 5 heterocycles. The van der Waals surface area contributed by atoms with E-state index in [4.69, 9.17) is 14.0 Å². The Balaban J connectivity index is 1.31. The molecule has 0 spiro atoms. The van der Waals surface area contributed by atoms with Gasteiger partial charge >= 0.3 is 5.97 Å². The SMILES string of the molecule is CCOC(=O)CON=C(C(=O)NC1C(=O)N2C(C(=O)[O-])=C(C[n+]3ccc4occc4c3)CS[C@@H]12)c1ccn[nH]1. The summed E-state index contributed by atoms with van der Waals surface area (Å²) in [7, 11) is 0. The number of aliphatic carboxylic acids is 1. The number of amides is 2. The number of carbonyl (C=O) groups excluding carboxylic acids is 4. The molecule has 2 aliphatic heterocycles. The van der Waals surface area contributed by atoms with Crippen LogP contribution in [0.15, 0.2) is 63.9 Å². The lowest BCUT2D eigenvalue weighted by Crippen LogP contribution is -2.71. The molecule has 2 aliphatic rings. The fraction of sp³-hybridized carbons (Fsp3) is 0.292. The van der Waals surface area contributed by atoms with Crippen molar-refractivity contribution in [2.45, 2.75) is 24.9 Å². The summed E-state index contributed by atoms with van der Waals surface area (Å²) in [5.41, 5.74) is 0.898. The van der Waals surface area contributed by atoms with Crippen LogP contribution >= 0.6 is 11.8 Å². The largest absolute Gasteiger partial charge is 0.543 e. The van der Waals surface area contributed by atoms with E-state index in [9.17, 15) is 24.3 Å². The van der Waals surface area contributed by atoms with E-state index in [1.165, 1.54) is 24.0 Å². The van der Waals surface area contributed by atoms with Crippen molar-refractivity contribution in [3.63, 3.8) is 0 Å². The summed E-state index contributed by atoms with van der Waals surface area (Å²) in [6.07, 6.45) is 6.52. The monoisotopic (exact) mass is 554 g/mol. The molecule has 0 bridgehead atoms. The fourth-order valence-corrected chi connectivity index (χ4v) is 5.57. The zero-order valence-corrected chi connectivity index (χ0v) is 21.3. The number of aromatic nitrogens is 3. The van der Waals surface area contributed by atoms with E-state index in [1.54, 1.807) is 36.1 Å². The maximum absolute atomic E-state index is 13.1. The molecule has 1 fully saturated rings. The maximum Gasteiger partial charge on any atom is 0.347 e. The van der Waals surface area contributed by atoms with E-state index >= 15 is 0 Å². The standard InChI is InChI=1S/C24H22N6O8S/c1-2-36-17(31)11-38-28-18(15-3-6-25-27-15)21(32)26-19-22(33)30-20(24(34)35)14(12-39-23(19)30)10-29-7-4-16-13(9-29)5-8-37-16/h3-9,19,23H,2,10-12H2,1H3,(H2-,25,26,27,28,32,34,35)/t19?,23-/m0/s1. The first kappa shape index (κ1) is 26.0. The zero-order chi connectivity index (χ0) is 27.5. The Morgan fingerprint density at radius 2 is 2.21 bits per heavy atom. The topological polar surface area (TPSA) is 183 Å². The Morgan fingerprint density at radius 1 is 1.36 bits per heavy atom. The van der Waals surface area contributed by atoms with Gasteiger partial charge in [-0.05, 0) is 19.1 Å². The predicted octanol–water partition coefficient (Wildman–Crippen LogP) is -1.17. The lowest BCUT2D eigenvalue weighted by molar-refractivity contribution is -0.687. The number of esters is 1. The van der Waals surface area contributed by atoms with Crippen molar-refractivity contribution in [2.24, 2.45) is 5.16 Å². The summed E-state index contributed by atoms with van der Waals surface area (Å²) in [5.74, 6) is -3.25. The molecule has 202 valence electrons. The number of oxime groups is 1. The first-order valence-corrected chi connectivity index (χ1v) is 12.8. The first-order chi connectivity index (χ1) is 18.9. The quantitative estimate of drug-likeness (QED) is 0.102. The van der Waals surface area contributed by atoms with Gasteiger partial charge in [0.2, 0.25) is 6.61 Å². The van der Waals surface area contributed by atoms with Gasteiger partial charge in [0.1, 0.15) is 17.0 Å². The third kappa shape index (κ3) is 5.20. The van der Waals surface area contributed by atoms with Gasteiger partial charge in [-0.25, -0.2) is 9.36 Å². The number of nitrogens with zero attached hydrogens (tertiary/aromatic N) is 4. The second-order valence-corrected chi connectivity index (χ2v) is 9.55. The van der Waals surface area contributed by atoms with E-state index in [0.29, 0.717) is 16.9 Å². The smallest absolute Gasteiger partial charge is 0.347 e. The summed E-state index contributed by atoms with van der Waals surface area (Å²) in [4.78, 5) is 55.9. The van der Waals surface area contributed by atoms with Gasteiger partial charge < -0.3 is 29.2 Å². The molecule has 2 atom stereocenters. The molecule has 2 amide bonds. The Bertz CT molecular complexity index is 1500. The highest BCUT2D eigenvalue weighted by atomic mass is 32.2. The zero-order valence-electron chi connectivity index (χ0n) is 20.5. The Hall–Kier alpha value is -4.66. The van der Waals surface area contributed by atoms with Gasteiger partial charge in [-0.3, -0.25) is 19.6 Å². The van der Waals surface area contributed by atoms with Gasteiger partial charge in [-0.1, -0.05) is 5.16 Å². The van der Waals surface area contributed by atoms with E-state index in [1.807, 2.05) is 6.20 Å². The molecule has 2 N–H and O–H groups in total. The van der Waals surface area contributed by atoms with Crippen molar-refractivity contribution in [3.05, 3.63) is 60.0 Å². The minimum Gasteiger partial charge on any atom is -0.543 e. The van der Waals surface area contributed by atoms with Crippen molar-refractivity contribution in [3.8, 4) is 0 Å². The van der Waals surface area contributed by atoms with Crippen molar-refractivity contribution >= 4 is 52.2 Å². The van der Waals surface area contributed by atoms with E-state index < -0.39 is 41.8 Å². The Labute approximate surface area is 224 Å². The van der Waals surface area contributed by atoms with Gasteiger partial charge in [0.05, 0.1) is 35.6 Å². The molecule has 0 saturated carbocycles. The van der Waals surface area contributed by atoms with Crippen LogP contribution in [0, 0.1) is 0 Å². The molecule has 3 aromatic rings. The van der Waals surface area contributed by atoms with Crippen LogP contribution in [0.1, 0.15) is 12.6 Å². The second-order valence-electron chi connectivity index (χ2n) is 8.45. The van der Waals surface area contributed by atoms with Crippen molar-refractivity contribution in [2.75, 3.05) is 19.0 Å². The number of carbonyl (C=O) groups is 4.